The highest BCUT2D eigenvalue weighted by atomic mass is 32.2. The van der Waals surface area contributed by atoms with Gasteiger partial charge in [-0.3, -0.25) is 0 Å². The first-order valence-electron chi connectivity index (χ1n) is 7.25. The topological polar surface area (TPSA) is 46.2 Å². The summed E-state index contributed by atoms with van der Waals surface area (Å²) in [5.41, 5.74) is 2.53. The quantitative estimate of drug-likeness (QED) is 0.815. The number of unbranched alkanes of at least 4 members (excludes halogenated alkanes) is 2. The van der Waals surface area contributed by atoms with Crippen LogP contribution in [0.15, 0.2) is 23.1 Å². The minimum absolute atomic E-state index is 0.421. The van der Waals surface area contributed by atoms with Crippen molar-refractivity contribution in [2.24, 2.45) is 0 Å². The van der Waals surface area contributed by atoms with Crippen LogP contribution in [0.5, 0.6) is 0 Å². The first kappa shape index (κ1) is 14.5. The molecule has 0 spiro atoms. The lowest BCUT2D eigenvalue weighted by Gasteiger charge is -2.16. The molecule has 0 radical (unpaired) electrons. The Labute approximate surface area is 116 Å². The minimum Gasteiger partial charge on any atom is -0.211 e. The molecule has 0 atom stereocenters. The molecule has 0 saturated heterocycles. The molecule has 19 heavy (non-hydrogen) atoms. The Bertz CT molecular complexity index is 523. The van der Waals surface area contributed by atoms with Gasteiger partial charge in [-0.2, -0.15) is 0 Å². The maximum absolute atomic E-state index is 12.2. The molecule has 0 bridgehead atoms. The molecule has 1 N–H and O–H groups in total. The predicted octanol–water partition coefficient (Wildman–Crippen LogP) is 3.03. The number of rotatable bonds is 6. The van der Waals surface area contributed by atoms with Gasteiger partial charge < -0.3 is 0 Å². The van der Waals surface area contributed by atoms with Crippen molar-refractivity contribution in [1.29, 1.82) is 0 Å². The average Bonchev–Trinajstić information content (AvgIpc) is 2.43. The molecule has 2 rings (SSSR count). The van der Waals surface area contributed by atoms with Crippen molar-refractivity contribution in [3.8, 4) is 0 Å². The van der Waals surface area contributed by atoms with E-state index in [-0.39, 0.29) is 0 Å². The van der Waals surface area contributed by atoms with E-state index in [0.29, 0.717) is 11.4 Å². The molecule has 1 aliphatic carbocycles. The lowest BCUT2D eigenvalue weighted by Crippen LogP contribution is -2.25. The van der Waals surface area contributed by atoms with Crippen LogP contribution in [0.25, 0.3) is 0 Å². The molecule has 1 aromatic carbocycles. The molecule has 1 aliphatic rings. The van der Waals surface area contributed by atoms with Crippen LogP contribution < -0.4 is 4.72 Å². The largest absolute Gasteiger partial charge is 0.240 e. The van der Waals surface area contributed by atoms with Crippen LogP contribution in [0.3, 0.4) is 0 Å². The lowest BCUT2D eigenvalue weighted by atomic mass is 9.92. The van der Waals surface area contributed by atoms with Gasteiger partial charge >= 0.3 is 0 Å². The molecule has 0 saturated carbocycles. The summed E-state index contributed by atoms with van der Waals surface area (Å²) in [6.45, 7) is 2.64. The highest BCUT2D eigenvalue weighted by molar-refractivity contribution is 7.89. The van der Waals surface area contributed by atoms with Crippen LogP contribution in [0, 0.1) is 0 Å². The number of benzene rings is 1. The second-order valence-corrected chi connectivity index (χ2v) is 7.01. The number of hydrogen-bond acceptors (Lipinski definition) is 2. The van der Waals surface area contributed by atoms with Crippen LogP contribution in [-0.4, -0.2) is 15.0 Å². The average molecular weight is 281 g/mol. The molecule has 0 heterocycles. The lowest BCUT2D eigenvalue weighted by molar-refractivity contribution is 0.575. The summed E-state index contributed by atoms with van der Waals surface area (Å²) >= 11 is 0. The monoisotopic (exact) mass is 281 g/mol. The summed E-state index contributed by atoms with van der Waals surface area (Å²) in [5.74, 6) is 0. The second-order valence-electron chi connectivity index (χ2n) is 5.24. The van der Waals surface area contributed by atoms with E-state index in [1.165, 1.54) is 24.0 Å². The zero-order chi connectivity index (χ0) is 13.7. The van der Waals surface area contributed by atoms with E-state index >= 15 is 0 Å². The Morgan fingerprint density at radius 3 is 2.58 bits per heavy atom. The molecule has 0 unspecified atom stereocenters. The molecular formula is C15H23NO2S. The van der Waals surface area contributed by atoms with E-state index in [0.717, 1.165) is 32.1 Å². The summed E-state index contributed by atoms with van der Waals surface area (Å²) in [6.07, 6.45) is 7.54. The summed E-state index contributed by atoms with van der Waals surface area (Å²) in [5, 5.41) is 0. The molecule has 0 amide bonds. The van der Waals surface area contributed by atoms with Gasteiger partial charge in [-0.1, -0.05) is 25.8 Å². The predicted molar refractivity (Wildman–Crippen MR) is 77.8 cm³/mol. The first-order valence-corrected chi connectivity index (χ1v) is 8.73. The fourth-order valence-corrected chi connectivity index (χ4v) is 3.67. The third kappa shape index (κ3) is 3.80. The van der Waals surface area contributed by atoms with Crippen LogP contribution >= 0.6 is 0 Å². The van der Waals surface area contributed by atoms with E-state index < -0.39 is 10.0 Å². The first-order chi connectivity index (χ1) is 9.13. The van der Waals surface area contributed by atoms with Crippen molar-refractivity contribution in [3.63, 3.8) is 0 Å². The van der Waals surface area contributed by atoms with Crippen LogP contribution in [0.2, 0.25) is 0 Å². The van der Waals surface area contributed by atoms with Gasteiger partial charge in [-0.05, 0) is 55.4 Å². The van der Waals surface area contributed by atoms with Crippen LogP contribution in [0.1, 0.15) is 50.2 Å². The molecule has 0 aromatic heterocycles. The molecule has 0 fully saturated rings. The SMILES string of the molecule is CCCCCNS(=O)(=O)c1ccc2c(c1)CCCC2. The van der Waals surface area contributed by atoms with Crippen LogP contribution in [-0.2, 0) is 22.9 Å². The summed E-state index contributed by atoms with van der Waals surface area (Å²) in [4.78, 5) is 0.421. The van der Waals surface area contributed by atoms with Gasteiger partial charge in [0, 0.05) is 6.54 Å². The Morgan fingerprint density at radius 2 is 1.84 bits per heavy atom. The highest BCUT2D eigenvalue weighted by Crippen LogP contribution is 2.23. The Morgan fingerprint density at radius 1 is 1.11 bits per heavy atom. The van der Waals surface area contributed by atoms with Crippen molar-refractivity contribution in [2.45, 2.75) is 56.8 Å². The van der Waals surface area contributed by atoms with Gasteiger partial charge in [0.1, 0.15) is 0 Å². The highest BCUT2D eigenvalue weighted by Gasteiger charge is 2.16. The maximum atomic E-state index is 12.2. The Balaban J connectivity index is 2.07. The van der Waals surface area contributed by atoms with Crippen molar-refractivity contribution in [2.75, 3.05) is 6.54 Å². The molecule has 4 heteroatoms. The Hall–Kier alpha value is -0.870. The van der Waals surface area contributed by atoms with Gasteiger partial charge in [-0.15, -0.1) is 0 Å². The van der Waals surface area contributed by atoms with E-state index in [1.807, 2.05) is 12.1 Å². The fourth-order valence-electron chi connectivity index (χ4n) is 2.54. The van der Waals surface area contributed by atoms with E-state index in [1.54, 1.807) is 6.07 Å². The van der Waals surface area contributed by atoms with Gasteiger partial charge in [0.15, 0.2) is 0 Å². The zero-order valence-electron chi connectivity index (χ0n) is 11.6. The zero-order valence-corrected chi connectivity index (χ0v) is 12.4. The summed E-state index contributed by atoms with van der Waals surface area (Å²) in [7, 11) is -3.32. The smallest absolute Gasteiger partial charge is 0.211 e. The summed E-state index contributed by atoms with van der Waals surface area (Å²) < 4.78 is 27.0. The number of nitrogens with one attached hydrogen (secondary N) is 1. The van der Waals surface area contributed by atoms with Crippen molar-refractivity contribution in [1.82, 2.24) is 4.72 Å². The van der Waals surface area contributed by atoms with E-state index in [2.05, 4.69) is 11.6 Å². The molecule has 0 aliphatic heterocycles. The van der Waals surface area contributed by atoms with Crippen molar-refractivity contribution in [3.05, 3.63) is 29.3 Å². The maximum Gasteiger partial charge on any atom is 0.240 e. The third-order valence-corrected chi connectivity index (χ3v) is 5.16. The molecule has 3 nitrogen and oxygen atoms in total. The molecule has 1 aromatic rings. The third-order valence-electron chi connectivity index (χ3n) is 3.70. The number of hydrogen-bond donors (Lipinski definition) is 1. The van der Waals surface area contributed by atoms with E-state index in [9.17, 15) is 8.42 Å². The number of aryl methyl sites for hydroxylation is 2. The Kier molecular flexibility index (Phi) is 4.99. The minimum atomic E-state index is -3.32. The number of fused-ring (bicyclic) bond motifs is 1. The second kappa shape index (κ2) is 6.53. The molecule has 106 valence electrons. The van der Waals surface area contributed by atoms with Gasteiger partial charge in [0.25, 0.3) is 0 Å². The van der Waals surface area contributed by atoms with E-state index in [4.69, 9.17) is 0 Å². The molecular weight excluding hydrogens is 258 g/mol. The van der Waals surface area contributed by atoms with Crippen molar-refractivity contribution < 1.29 is 8.42 Å². The number of sulfonamides is 1. The van der Waals surface area contributed by atoms with Crippen molar-refractivity contribution >= 4 is 10.0 Å². The van der Waals surface area contributed by atoms with Gasteiger partial charge in [-0.25, -0.2) is 13.1 Å². The fraction of sp³-hybridized carbons (Fsp3) is 0.600. The summed E-state index contributed by atoms with van der Waals surface area (Å²) in [6, 6.07) is 5.58. The normalized spacial score (nSPS) is 15.2. The van der Waals surface area contributed by atoms with Gasteiger partial charge in [0.05, 0.1) is 4.90 Å². The standard InChI is InChI=1S/C15H23NO2S/c1-2-3-6-11-16-19(17,18)15-10-9-13-7-4-5-8-14(13)12-15/h9-10,12,16H,2-8,11H2,1H3. The van der Waals surface area contributed by atoms with Crippen LogP contribution in [0.4, 0.5) is 0 Å². The van der Waals surface area contributed by atoms with Gasteiger partial charge in [0.2, 0.25) is 10.0 Å².